The molecular formula is C24H20F3N7. The molecule has 10 heteroatoms. The summed E-state index contributed by atoms with van der Waals surface area (Å²) in [5.74, 6) is -0.452. The monoisotopic (exact) mass is 463 g/mol. The molecule has 2 N–H and O–H groups in total. The molecule has 0 saturated heterocycles. The lowest BCUT2D eigenvalue weighted by Crippen LogP contribution is -2.36. The van der Waals surface area contributed by atoms with Crippen molar-refractivity contribution in [3.63, 3.8) is 0 Å². The average Bonchev–Trinajstić information content (AvgIpc) is 3.23. The summed E-state index contributed by atoms with van der Waals surface area (Å²) >= 11 is 0. The molecule has 2 heterocycles. The predicted molar refractivity (Wildman–Crippen MR) is 122 cm³/mol. The van der Waals surface area contributed by atoms with Gasteiger partial charge in [0, 0.05) is 29.6 Å². The first-order valence-corrected chi connectivity index (χ1v) is 9.86. The van der Waals surface area contributed by atoms with E-state index < -0.39 is 23.1 Å². The van der Waals surface area contributed by atoms with E-state index in [0.29, 0.717) is 11.1 Å². The molecule has 0 amide bonds. The summed E-state index contributed by atoms with van der Waals surface area (Å²) in [6.45, 7) is 8.86. The fourth-order valence-corrected chi connectivity index (χ4v) is 3.12. The molecule has 3 rings (SSSR count). The molecule has 7 nitrogen and oxygen atoms in total. The van der Waals surface area contributed by atoms with Gasteiger partial charge in [0.15, 0.2) is 5.65 Å². The average molecular weight is 463 g/mol. The van der Waals surface area contributed by atoms with E-state index in [4.69, 9.17) is 5.84 Å². The van der Waals surface area contributed by atoms with E-state index in [1.54, 1.807) is 13.0 Å². The normalized spacial score (nSPS) is 13.0. The Morgan fingerprint density at radius 1 is 1.26 bits per heavy atom. The topological polar surface area (TPSA) is 96.1 Å². The summed E-state index contributed by atoms with van der Waals surface area (Å²) in [5, 5.41) is 21.8. The van der Waals surface area contributed by atoms with Crippen LogP contribution in [0.5, 0.6) is 0 Å². The number of nitrogens with zero attached hydrogens (tertiary/aromatic N) is 6. The Morgan fingerprint density at radius 3 is 2.62 bits per heavy atom. The van der Waals surface area contributed by atoms with E-state index in [-0.39, 0.29) is 21.8 Å². The van der Waals surface area contributed by atoms with Crippen LogP contribution in [-0.4, -0.2) is 31.9 Å². The van der Waals surface area contributed by atoms with Crippen molar-refractivity contribution in [2.45, 2.75) is 12.8 Å². The lowest BCUT2D eigenvalue weighted by molar-refractivity contribution is 0.0266. The highest BCUT2D eigenvalue weighted by Gasteiger charge is 2.42. The van der Waals surface area contributed by atoms with E-state index in [1.165, 1.54) is 37.4 Å². The van der Waals surface area contributed by atoms with Gasteiger partial charge in [0.05, 0.1) is 17.3 Å². The quantitative estimate of drug-likeness (QED) is 0.199. The van der Waals surface area contributed by atoms with Crippen molar-refractivity contribution in [2.75, 3.05) is 7.05 Å². The van der Waals surface area contributed by atoms with Gasteiger partial charge in [-0.15, -0.1) is 15.9 Å². The summed E-state index contributed by atoms with van der Waals surface area (Å²) in [7, 11) is 1.43. The van der Waals surface area contributed by atoms with Crippen LogP contribution in [0.2, 0.25) is 0 Å². The standard InChI is InChI=1S/C24H20F3N7/c1-5-7-17(12-16(6-2)13-28)20-10-11-21-30-31-23(34(21)32-20)24(26,27)19-9-8-15(3)18(22(19)25)14-33(4)29/h6-12,14H,1,3,29H2,2,4H3/b16-6+,17-12+,18-14+. The van der Waals surface area contributed by atoms with Crippen LogP contribution in [0, 0.1) is 17.1 Å². The largest absolute Gasteiger partial charge is 0.336 e. The van der Waals surface area contributed by atoms with Crippen LogP contribution in [0.25, 0.3) is 24.0 Å². The summed E-state index contributed by atoms with van der Waals surface area (Å²) in [4.78, 5) is 0. The van der Waals surface area contributed by atoms with E-state index in [2.05, 4.69) is 34.2 Å². The number of nitriles is 1. The number of fused-ring (bicyclic) bond motifs is 1. The molecule has 0 unspecified atom stereocenters. The Labute approximate surface area is 193 Å². The van der Waals surface area contributed by atoms with Gasteiger partial charge in [-0.2, -0.15) is 23.7 Å². The molecule has 172 valence electrons. The number of hydrazine groups is 1. The fourth-order valence-electron chi connectivity index (χ4n) is 3.12. The van der Waals surface area contributed by atoms with Crippen LogP contribution in [0.3, 0.4) is 0 Å². The van der Waals surface area contributed by atoms with Gasteiger partial charge in [-0.05, 0) is 42.5 Å². The van der Waals surface area contributed by atoms with Crippen LogP contribution in [0.15, 0.2) is 60.4 Å². The van der Waals surface area contributed by atoms with Crippen LogP contribution in [-0.2, 0) is 5.92 Å². The first-order valence-electron chi connectivity index (χ1n) is 9.86. The summed E-state index contributed by atoms with van der Waals surface area (Å²) in [6.07, 6.45) is 5.69. The molecule has 0 aliphatic carbocycles. The van der Waals surface area contributed by atoms with E-state index in [9.17, 15) is 5.26 Å². The van der Waals surface area contributed by atoms with Crippen LogP contribution >= 0.6 is 0 Å². The first kappa shape index (κ1) is 24.2. The first-order chi connectivity index (χ1) is 16.1. The Hall–Kier alpha value is -4.45. The molecule has 2 aromatic heterocycles. The van der Waals surface area contributed by atoms with Crippen LogP contribution in [0.1, 0.15) is 24.0 Å². The highest BCUT2D eigenvalue weighted by molar-refractivity contribution is 5.75. The summed E-state index contributed by atoms with van der Waals surface area (Å²) in [6, 6.07) is 7.16. The van der Waals surface area contributed by atoms with Crippen molar-refractivity contribution < 1.29 is 13.2 Å². The molecule has 1 aromatic carbocycles. The van der Waals surface area contributed by atoms with Gasteiger partial charge in [-0.25, -0.2) is 10.2 Å². The predicted octanol–water partition coefficient (Wildman–Crippen LogP) is 2.55. The SMILES string of the molecule is C=C=C/C(=C\C(C#N)=C/C)c1ccc2nnc(C(F)(F)c3ccc(=C)/c(=C\N(C)N)c3F)n2n1. The Balaban J connectivity index is 2.25. The molecule has 0 bridgehead atoms. The third kappa shape index (κ3) is 4.52. The van der Waals surface area contributed by atoms with Gasteiger partial charge in [0.25, 0.3) is 0 Å². The maximum absolute atomic E-state index is 15.6. The van der Waals surface area contributed by atoms with Crippen molar-refractivity contribution in [2.24, 2.45) is 5.84 Å². The minimum absolute atomic E-state index is 0.0227. The van der Waals surface area contributed by atoms with Crippen molar-refractivity contribution in [1.82, 2.24) is 24.8 Å². The van der Waals surface area contributed by atoms with Gasteiger partial charge < -0.3 is 5.01 Å². The van der Waals surface area contributed by atoms with Gasteiger partial charge in [-0.1, -0.05) is 25.3 Å². The van der Waals surface area contributed by atoms with Crippen molar-refractivity contribution in [3.8, 4) is 6.07 Å². The second kappa shape index (κ2) is 9.58. The Morgan fingerprint density at radius 2 is 2.00 bits per heavy atom. The number of allylic oxidation sites excluding steroid dienone is 5. The Bertz CT molecular complexity index is 1520. The van der Waals surface area contributed by atoms with Crippen LogP contribution in [0.4, 0.5) is 13.2 Å². The number of hydrogen-bond acceptors (Lipinski definition) is 6. The molecule has 0 fully saturated rings. The molecule has 34 heavy (non-hydrogen) atoms. The molecule has 0 aliphatic rings. The minimum atomic E-state index is -3.90. The van der Waals surface area contributed by atoms with E-state index in [1.807, 2.05) is 6.07 Å². The lowest BCUT2D eigenvalue weighted by Gasteiger charge is -2.16. The second-order valence-corrected chi connectivity index (χ2v) is 7.19. The van der Waals surface area contributed by atoms with Gasteiger partial charge >= 0.3 is 5.92 Å². The molecule has 3 aromatic rings. The number of benzene rings is 1. The summed E-state index contributed by atoms with van der Waals surface area (Å²) < 4.78 is 47.1. The number of nitrogens with two attached hydrogens (primary N) is 1. The van der Waals surface area contributed by atoms with Gasteiger partial charge in [0.2, 0.25) is 5.82 Å². The third-order valence-electron chi connectivity index (χ3n) is 4.79. The van der Waals surface area contributed by atoms with E-state index in [0.717, 1.165) is 21.8 Å². The molecule has 0 spiro atoms. The zero-order valence-electron chi connectivity index (χ0n) is 18.4. The molecule has 0 saturated carbocycles. The maximum Gasteiger partial charge on any atom is 0.336 e. The number of hydrogen-bond donors (Lipinski definition) is 1. The molecular weight excluding hydrogens is 443 g/mol. The summed E-state index contributed by atoms with van der Waals surface area (Å²) in [5.41, 5.74) is 2.61. The zero-order valence-corrected chi connectivity index (χ0v) is 18.4. The van der Waals surface area contributed by atoms with E-state index >= 15 is 13.2 Å². The minimum Gasteiger partial charge on any atom is -0.321 e. The smallest absolute Gasteiger partial charge is 0.321 e. The van der Waals surface area contributed by atoms with Crippen molar-refractivity contribution >= 4 is 24.0 Å². The number of rotatable bonds is 6. The second-order valence-electron chi connectivity index (χ2n) is 7.19. The van der Waals surface area contributed by atoms with Gasteiger partial charge in [-0.3, -0.25) is 0 Å². The van der Waals surface area contributed by atoms with Crippen LogP contribution < -0.4 is 16.3 Å². The molecule has 0 aliphatic heterocycles. The lowest BCUT2D eigenvalue weighted by atomic mass is 10.0. The highest BCUT2D eigenvalue weighted by Crippen LogP contribution is 2.35. The zero-order chi connectivity index (χ0) is 25.0. The Kier molecular flexibility index (Phi) is 6.82. The van der Waals surface area contributed by atoms with Crippen molar-refractivity contribution in [1.29, 1.82) is 5.26 Å². The highest BCUT2D eigenvalue weighted by atomic mass is 19.3. The molecule has 0 radical (unpaired) electrons. The third-order valence-corrected chi connectivity index (χ3v) is 4.79. The van der Waals surface area contributed by atoms with Gasteiger partial charge in [0.1, 0.15) is 5.82 Å². The maximum atomic E-state index is 15.6. The number of aromatic nitrogens is 4. The number of halogens is 3. The number of alkyl halides is 2. The van der Waals surface area contributed by atoms with Crippen molar-refractivity contribution in [3.05, 3.63) is 93.7 Å². The fraction of sp³-hybridized carbons (Fsp3) is 0.125. The molecule has 0 atom stereocenters.